The van der Waals surface area contributed by atoms with Crippen LogP contribution in [0.4, 0.5) is 5.69 Å². The zero-order chi connectivity index (χ0) is 18.6. The molecule has 0 aliphatic rings. The average molecular weight is 377 g/mol. The summed E-state index contributed by atoms with van der Waals surface area (Å²) in [6.45, 7) is 0. The fourth-order valence-corrected chi connectivity index (χ4v) is 3.01. The molecule has 2 N–H and O–H groups in total. The first kappa shape index (κ1) is 16.9. The normalized spacial score (nSPS) is 10.6. The van der Waals surface area contributed by atoms with Gasteiger partial charge in [0.05, 0.1) is 19.0 Å². The molecule has 0 spiro atoms. The number of carbonyl (C=O) groups excluding carboxylic acids is 1. The van der Waals surface area contributed by atoms with Crippen molar-refractivity contribution in [3.63, 3.8) is 0 Å². The average Bonchev–Trinajstić information content (AvgIpc) is 3.41. The topological polar surface area (TPSA) is 92.8 Å². The minimum atomic E-state index is -0.279. The van der Waals surface area contributed by atoms with Crippen LogP contribution >= 0.6 is 11.5 Å². The van der Waals surface area contributed by atoms with E-state index < -0.39 is 0 Å². The zero-order valence-corrected chi connectivity index (χ0v) is 15.2. The molecule has 27 heavy (non-hydrogen) atoms. The first-order valence-electron chi connectivity index (χ1n) is 8.11. The third-order valence-electron chi connectivity index (χ3n) is 3.97. The Bertz CT molecular complexity index is 1060. The van der Waals surface area contributed by atoms with Gasteiger partial charge < -0.3 is 15.0 Å². The lowest BCUT2D eigenvalue weighted by molar-refractivity contribution is 0.102. The summed E-state index contributed by atoms with van der Waals surface area (Å²) in [5, 5.41) is 8.15. The molecule has 7 nitrogen and oxygen atoms in total. The lowest BCUT2D eigenvalue weighted by atomic mass is 10.1. The number of imidazole rings is 1. The van der Waals surface area contributed by atoms with Crippen molar-refractivity contribution in [2.45, 2.75) is 0 Å². The number of hydrogen-bond acceptors (Lipinski definition) is 6. The van der Waals surface area contributed by atoms with E-state index in [2.05, 4.69) is 24.9 Å². The highest BCUT2D eigenvalue weighted by Crippen LogP contribution is 2.25. The molecule has 0 bridgehead atoms. The van der Waals surface area contributed by atoms with Crippen molar-refractivity contribution in [1.29, 1.82) is 0 Å². The molecule has 0 radical (unpaired) electrons. The Morgan fingerprint density at radius 1 is 1.15 bits per heavy atom. The van der Waals surface area contributed by atoms with Crippen LogP contribution in [0.1, 0.15) is 10.5 Å². The summed E-state index contributed by atoms with van der Waals surface area (Å²) >= 11 is 1.14. The summed E-state index contributed by atoms with van der Waals surface area (Å²) in [6, 6.07) is 15.2. The van der Waals surface area contributed by atoms with E-state index in [9.17, 15) is 4.79 Å². The number of carbonyl (C=O) groups is 1. The van der Waals surface area contributed by atoms with Gasteiger partial charge in [-0.25, -0.2) is 4.98 Å². The second-order valence-electron chi connectivity index (χ2n) is 5.70. The molecule has 0 fully saturated rings. The maximum Gasteiger partial charge on any atom is 0.277 e. The molecule has 0 atom stereocenters. The van der Waals surface area contributed by atoms with Gasteiger partial charge in [-0.1, -0.05) is 28.8 Å². The van der Waals surface area contributed by atoms with Gasteiger partial charge in [-0.15, -0.1) is 5.10 Å². The van der Waals surface area contributed by atoms with Crippen LogP contribution < -0.4 is 10.1 Å². The van der Waals surface area contributed by atoms with E-state index in [0.717, 1.165) is 39.9 Å². The minimum Gasteiger partial charge on any atom is -0.497 e. The number of H-pyrrole nitrogens is 1. The summed E-state index contributed by atoms with van der Waals surface area (Å²) in [5.41, 5.74) is 3.78. The lowest BCUT2D eigenvalue weighted by Gasteiger charge is -2.04. The number of methoxy groups -OCH3 is 1. The molecule has 0 saturated carbocycles. The molecule has 1 amide bonds. The molecule has 4 rings (SSSR count). The first-order chi connectivity index (χ1) is 13.2. The van der Waals surface area contributed by atoms with Gasteiger partial charge in [0.25, 0.3) is 5.91 Å². The number of amides is 1. The van der Waals surface area contributed by atoms with E-state index in [1.807, 2.05) is 48.5 Å². The van der Waals surface area contributed by atoms with Crippen LogP contribution in [0.3, 0.4) is 0 Å². The third-order valence-corrected chi connectivity index (χ3v) is 4.47. The van der Waals surface area contributed by atoms with E-state index >= 15 is 0 Å². The number of rotatable bonds is 5. The Morgan fingerprint density at radius 3 is 2.74 bits per heavy atom. The van der Waals surface area contributed by atoms with Gasteiger partial charge in [0.1, 0.15) is 11.6 Å². The van der Waals surface area contributed by atoms with Crippen molar-refractivity contribution in [2.24, 2.45) is 0 Å². The van der Waals surface area contributed by atoms with E-state index in [0.29, 0.717) is 11.4 Å². The molecule has 0 aliphatic carbocycles. The van der Waals surface area contributed by atoms with Gasteiger partial charge in [0.2, 0.25) is 0 Å². The summed E-state index contributed by atoms with van der Waals surface area (Å²) in [6.07, 6.45) is 1.78. The van der Waals surface area contributed by atoms with Crippen LogP contribution in [-0.2, 0) is 0 Å². The number of nitrogens with one attached hydrogen (secondary N) is 2. The fourth-order valence-electron chi connectivity index (χ4n) is 2.58. The van der Waals surface area contributed by atoms with Gasteiger partial charge in [0.15, 0.2) is 5.69 Å². The summed E-state index contributed by atoms with van der Waals surface area (Å²) in [4.78, 5) is 19.8. The molecule has 2 aromatic carbocycles. The number of ether oxygens (including phenoxy) is 1. The predicted molar refractivity (Wildman–Crippen MR) is 104 cm³/mol. The molecule has 0 unspecified atom stereocenters. The second-order valence-corrected chi connectivity index (χ2v) is 6.31. The smallest absolute Gasteiger partial charge is 0.277 e. The van der Waals surface area contributed by atoms with Crippen molar-refractivity contribution in [2.75, 3.05) is 12.4 Å². The molecular formula is C19H15N5O2S. The Morgan fingerprint density at radius 2 is 2.00 bits per heavy atom. The van der Waals surface area contributed by atoms with Crippen LogP contribution in [0.5, 0.6) is 5.75 Å². The van der Waals surface area contributed by atoms with E-state index in [-0.39, 0.29) is 5.91 Å². The standard InChI is InChI=1S/C19H15N5O2S/c1-26-15-4-2-3-13(9-15)18-20-10-16(22-18)12-5-7-14(8-6-12)21-19(25)17-11-27-24-23-17/h2-11H,1H3,(H,20,22)(H,21,25). The van der Waals surface area contributed by atoms with Crippen molar-refractivity contribution in [3.05, 3.63) is 65.8 Å². The predicted octanol–water partition coefficient (Wildman–Crippen LogP) is 3.86. The van der Waals surface area contributed by atoms with Gasteiger partial charge in [0, 0.05) is 16.6 Å². The van der Waals surface area contributed by atoms with Crippen molar-refractivity contribution in [1.82, 2.24) is 19.6 Å². The van der Waals surface area contributed by atoms with Gasteiger partial charge in [-0.05, 0) is 41.4 Å². The number of anilines is 1. The zero-order valence-electron chi connectivity index (χ0n) is 14.3. The SMILES string of the molecule is COc1cccc(-c2ncc(-c3ccc(NC(=O)c4csnn4)cc3)[nH]2)c1. The molecule has 4 aromatic rings. The van der Waals surface area contributed by atoms with Crippen LogP contribution in [0.2, 0.25) is 0 Å². The highest BCUT2D eigenvalue weighted by Gasteiger charge is 2.10. The number of aromatic amines is 1. The summed E-state index contributed by atoms with van der Waals surface area (Å²) in [7, 11) is 1.64. The van der Waals surface area contributed by atoms with Gasteiger partial charge in [-0.2, -0.15) is 0 Å². The highest BCUT2D eigenvalue weighted by molar-refractivity contribution is 7.03. The van der Waals surface area contributed by atoms with E-state index in [4.69, 9.17) is 4.74 Å². The maximum atomic E-state index is 12.0. The summed E-state index contributed by atoms with van der Waals surface area (Å²) in [5.74, 6) is 1.26. The Kier molecular flexibility index (Phi) is 4.63. The molecular weight excluding hydrogens is 362 g/mol. The van der Waals surface area contributed by atoms with Gasteiger partial charge in [-0.3, -0.25) is 4.79 Å². The number of benzene rings is 2. The number of nitrogens with zero attached hydrogens (tertiary/aromatic N) is 3. The van der Waals surface area contributed by atoms with E-state index in [1.54, 1.807) is 18.7 Å². The van der Waals surface area contributed by atoms with Crippen molar-refractivity contribution >= 4 is 23.1 Å². The lowest BCUT2D eigenvalue weighted by Crippen LogP contribution is -2.12. The number of hydrogen-bond donors (Lipinski definition) is 2. The molecule has 0 saturated heterocycles. The largest absolute Gasteiger partial charge is 0.497 e. The van der Waals surface area contributed by atoms with Crippen LogP contribution in [0.25, 0.3) is 22.6 Å². The van der Waals surface area contributed by atoms with Crippen LogP contribution in [-0.4, -0.2) is 32.6 Å². The number of aromatic nitrogens is 4. The fraction of sp³-hybridized carbons (Fsp3) is 0.0526. The molecule has 2 aromatic heterocycles. The first-order valence-corrected chi connectivity index (χ1v) is 8.95. The summed E-state index contributed by atoms with van der Waals surface area (Å²) < 4.78 is 8.94. The molecule has 0 aliphatic heterocycles. The Hall–Kier alpha value is -3.52. The quantitative estimate of drug-likeness (QED) is 0.551. The Labute approximate surface area is 159 Å². The second kappa shape index (κ2) is 7.38. The highest BCUT2D eigenvalue weighted by atomic mass is 32.1. The van der Waals surface area contributed by atoms with Crippen LogP contribution in [0, 0.1) is 0 Å². The van der Waals surface area contributed by atoms with Crippen molar-refractivity contribution < 1.29 is 9.53 Å². The molecule has 8 heteroatoms. The maximum absolute atomic E-state index is 12.0. The monoisotopic (exact) mass is 377 g/mol. The van der Waals surface area contributed by atoms with Crippen LogP contribution in [0.15, 0.2) is 60.1 Å². The molecule has 134 valence electrons. The third kappa shape index (κ3) is 3.70. The van der Waals surface area contributed by atoms with E-state index in [1.165, 1.54) is 0 Å². The van der Waals surface area contributed by atoms with Crippen molar-refractivity contribution in [3.8, 4) is 28.4 Å². The molecule has 2 heterocycles. The Balaban J connectivity index is 1.51. The minimum absolute atomic E-state index is 0.279. The van der Waals surface area contributed by atoms with Gasteiger partial charge >= 0.3 is 0 Å².